The molecule has 0 atom stereocenters. The van der Waals surface area contributed by atoms with E-state index in [1.165, 1.54) is 0 Å². The van der Waals surface area contributed by atoms with E-state index < -0.39 is 5.97 Å². The van der Waals surface area contributed by atoms with Crippen LogP contribution in [0.15, 0.2) is 42.6 Å². The van der Waals surface area contributed by atoms with Crippen LogP contribution in [-0.4, -0.2) is 27.8 Å². The smallest absolute Gasteiger partial charge is 0.348 e. The van der Waals surface area contributed by atoms with Crippen LogP contribution in [0.3, 0.4) is 0 Å². The summed E-state index contributed by atoms with van der Waals surface area (Å²) >= 11 is 1.10. The summed E-state index contributed by atoms with van der Waals surface area (Å²) in [6.45, 7) is 0.167. The highest BCUT2D eigenvalue weighted by atomic mass is 32.1. The lowest BCUT2D eigenvalue weighted by molar-refractivity contribution is 0.0702. The monoisotopic (exact) mass is 326 g/mol. The lowest BCUT2D eigenvalue weighted by Gasteiger charge is -2.01. The second kappa shape index (κ2) is 5.36. The number of fused-ring (bicyclic) bond motifs is 1. The van der Waals surface area contributed by atoms with Gasteiger partial charge >= 0.3 is 5.97 Å². The van der Waals surface area contributed by atoms with Crippen LogP contribution in [0, 0.1) is 0 Å². The standard InChI is InChI=1S/C16H10N2O4S/c19-16(20)14-13(9-4-5-11-12(7-9)22-8-21-11)18-15(23-14)10-3-1-2-6-17-10/h1-7H,8H2,(H,19,20). The molecular weight excluding hydrogens is 316 g/mol. The number of ether oxygens (including phenoxy) is 2. The summed E-state index contributed by atoms with van der Waals surface area (Å²) in [7, 11) is 0. The predicted octanol–water partition coefficient (Wildman–Crippen LogP) is 3.30. The van der Waals surface area contributed by atoms with Crippen LogP contribution in [-0.2, 0) is 0 Å². The Bertz CT molecular complexity index is 892. The fourth-order valence-electron chi connectivity index (χ4n) is 2.30. The van der Waals surface area contributed by atoms with Crippen LogP contribution in [0.2, 0.25) is 0 Å². The number of aromatic carboxylic acids is 1. The van der Waals surface area contributed by atoms with Gasteiger partial charge in [-0.05, 0) is 30.3 Å². The molecule has 0 fully saturated rings. The van der Waals surface area contributed by atoms with Crippen molar-refractivity contribution in [2.75, 3.05) is 6.79 Å². The van der Waals surface area contributed by atoms with Crippen molar-refractivity contribution >= 4 is 17.3 Å². The second-order valence-corrected chi connectivity index (χ2v) is 5.78. The molecule has 0 spiro atoms. The lowest BCUT2D eigenvalue weighted by Crippen LogP contribution is -1.95. The highest BCUT2D eigenvalue weighted by Gasteiger charge is 2.22. The van der Waals surface area contributed by atoms with E-state index in [4.69, 9.17) is 9.47 Å². The minimum absolute atomic E-state index is 0.167. The molecular formula is C16H10N2O4S. The number of carbonyl (C=O) groups is 1. The number of nitrogens with zero attached hydrogens (tertiary/aromatic N) is 2. The van der Waals surface area contributed by atoms with Gasteiger partial charge in [-0.25, -0.2) is 9.78 Å². The molecule has 0 bridgehead atoms. The third-order valence-corrected chi connectivity index (χ3v) is 4.42. The zero-order valence-electron chi connectivity index (χ0n) is 11.7. The van der Waals surface area contributed by atoms with Crippen molar-refractivity contribution in [1.29, 1.82) is 0 Å². The van der Waals surface area contributed by atoms with Crippen LogP contribution in [0.5, 0.6) is 11.5 Å². The van der Waals surface area contributed by atoms with Crippen molar-refractivity contribution < 1.29 is 19.4 Å². The Morgan fingerprint density at radius 1 is 1.17 bits per heavy atom. The molecule has 7 heteroatoms. The van der Waals surface area contributed by atoms with Crippen molar-refractivity contribution in [2.24, 2.45) is 0 Å². The first-order valence-corrected chi connectivity index (χ1v) is 7.59. The average Bonchev–Trinajstić information content (AvgIpc) is 3.22. The van der Waals surface area contributed by atoms with Gasteiger partial charge in [-0.3, -0.25) is 4.98 Å². The Kier molecular flexibility index (Phi) is 3.20. The molecule has 0 radical (unpaired) electrons. The molecule has 2 aromatic heterocycles. The van der Waals surface area contributed by atoms with Gasteiger partial charge in [-0.2, -0.15) is 0 Å². The molecule has 0 unspecified atom stereocenters. The van der Waals surface area contributed by atoms with E-state index in [9.17, 15) is 9.90 Å². The molecule has 6 nitrogen and oxygen atoms in total. The number of rotatable bonds is 3. The molecule has 3 aromatic rings. The third kappa shape index (κ3) is 2.40. The topological polar surface area (TPSA) is 81.5 Å². The minimum Gasteiger partial charge on any atom is -0.477 e. The highest BCUT2D eigenvalue weighted by molar-refractivity contribution is 7.17. The van der Waals surface area contributed by atoms with Crippen molar-refractivity contribution in [1.82, 2.24) is 9.97 Å². The van der Waals surface area contributed by atoms with Gasteiger partial charge in [0.2, 0.25) is 6.79 Å². The van der Waals surface area contributed by atoms with Gasteiger partial charge in [0, 0.05) is 11.8 Å². The molecule has 1 aliphatic rings. The summed E-state index contributed by atoms with van der Waals surface area (Å²) in [6.07, 6.45) is 1.65. The molecule has 0 amide bonds. The molecule has 0 saturated heterocycles. The normalized spacial score (nSPS) is 12.3. The van der Waals surface area contributed by atoms with Crippen LogP contribution < -0.4 is 9.47 Å². The average molecular weight is 326 g/mol. The van der Waals surface area contributed by atoms with Crippen LogP contribution >= 0.6 is 11.3 Å². The first-order valence-electron chi connectivity index (χ1n) is 6.78. The van der Waals surface area contributed by atoms with Crippen molar-refractivity contribution in [3.8, 4) is 33.5 Å². The number of aromatic nitrogens is 2. The van der Waals surface area contributed by atoms with Gasteiger partial charge in [-0.1, -0.05) is 6.07 Å². The van der Waals surface area contributed by atoms with E-state index in [2.05, 4.69) is 9.97 Å². The number of hydrogen-bond donors (Lipinski definition) is 1. The molecule has 23 heavy (non-hydrogen) atoms. The van der Waals surface area contributed by atoms with Gasteiger partial charge in [0.05, 0.1) is 11.4 Å². The summed E-state index contributed by atoms with van der Waals surface area (Å²) in [5, 5.41) is 10.0. The Balaban J connectivity index is 1.84. The Morgan fingerprint density at radius 2 is 2.04 bits per heavy atom. The van der Waals surface area contributed by atoms with Gasteiger partial charge in [0.15, 0.2) is 11.5 Å². The predicted molar refractivity (Wildman–Crippen MR) is 83.9 cm³/mol. The fourth-order valence-corrected chi connectivity index (χ4v) is 3.21. The molecule has 1 N–H and O–H groups in total. The van der Waals surface area contributed by atoms with E-state index in [-0.39, 0.29) is 11.7 Å². The summed E-state index contributed by atoms with van der Waals surface area (Å²) in [5.41, 5.74) is 1.72. The molecule has 0 aliphatic carbocycles. The minimum atomic E-state index is -1.02. The highest BCUT2D eigenvalue weighted by Crippen LogP contribution is 2.39. The molecule has 1 aromatic carbocycles. The summed E-state index contributed by atoms with van der Waals surface area (Å²) in [5.74, 6) is 0.217. The van der Waals surface area contributed by atoms with E-state index in [0.717, 1.165) is 11.3 Å². The first-order chi connectivity index (χ1) is 11.2. The quantitative estimate of drug-likeness (QED) is 0.795. The SMILES string of the molecule is O=C(O)c1sc(-c2ccccn2)nc1-c1ccc2c(c1)OCO2. The van der Waals surface area contributed by atoms with Crippen molar-refractivity contribution in [2.45, 2.75) is 0 Å². The number of hydrogen-bond acceptors (Lipinski definition) is 6. The van der Waals surface area contributed by atoms with E-state index in [1.807, 2.05) is 6.07 Å². The van der Waals surface area contributed by atoms with Crippen molar-refractivity contribution in [3.05, 3.63) is 47.5 Å². The molecule has 4 rings (SSSR count). The Morgan fingerprint density at radius 3 is 2.83 bits per heavy atom. The lowest BCUT2D eigenvalue weighted by atomic mass is 10.1. The zero-order chi connectivity index (χ0) is 15.8. The van der Waals surface area contributed by atoms with Gasteiger partial charge < -0.3 is 14.6 Å². The van der Waals surface area contributed by atoms with Gasteiger partial charge in [0.25, 0.3) is 0 Å². The zero-order valence-corrected chi connectivity index (χ0v) is 12.5. The number of thiazole rings is 1. The first kappa shape index (κ1) is 13.7. The maximum atomic E-state index is 11.6. The van der Waals surface area contributed by atoms with E-state index in [0.29, 0.717) is 33.5 Å². The van der Waals surface area contributed by atoms with E-state index in [1.54, 1.807) is 36.5 Å². The molecule has 0 saturated carbocycles. The number of benzene rings is 1. The van der Waals surface area contributed by atoms with Crippen LogP contribution in [0.4, 0.5) is 0 Å². The second-order valence-electron chi connectivity index (χ2n) is 4.78. The number of carboxylic acid groups (broad SMARTS) is 1. The van der Waals surface area contributed by atoms with Crippen molar-refractivity contribution in [3.63, 3.8) is 0 Å². The number of pyridine rings is 1. The molecule has 1 aliphatic heterocycles. The fraction of sp³-hybridized carbons (Fsp3) is 0.0625. The van der Waals surface area contributed by atoms with Crippen LogP contribution in [0.1, 0.15) is 9.67 Å². The molecule has 3 heterocycles. The van der Waals surface area contributed by atoms with Gasteiger partial charge in [0.1, 0.15) is 9.88 Å². The third-order valence-electron chi connectivity index (χ3n) is 3.35. The Labute approximate surface area is 135 Å². The maximum absolute atomic E-state index is 11.6. The summed E-state index contributed by atoms with van der Waals surface area (Å²) in [4.78, 5) is 20.4. The largest absolute Gasteiger partial charge is 0.477 e. The summed E-state index contributed by atoms with van der Waals surface area (Å²) in [6, 6.07) is 10.7. The Hall–Kier alpha value is -2.93. The summed E-state index contributed by atoms with van der Waals surface area (Å²) < 4.78 is 10.6. The number of carboxylic acids is 1. The van der Waals surface area contributed by atoms with E-state index >= 15 is 0 Å². The maximum Gasteiger partial charge on any atom is 0.348 e. The van der Waals surface area contributed by atoms with Crippen LogP contribution in [0.25, 0.3) is 22.0 Å². The molecule has 114 valence electrons. The van der Waals surface area contributed by atoms with Gasteiger partial charge in [-0.15, -0.1) is 11.3 Å².